The van der Waals surface area contributed by atoms with Gasteiger partial charge in [-0.3, -0.25) is 14.5 Å². The summed E-state index contributed by atoms with van der Waals surface area (Å²) in [5.41, 5.74) is -2.95. The maximum atomic E-state index is 13.9. The molecule has 2 amide bonds. The van der Waals surface area contributed by atoms with Crippen molar-refractivity contribution < 1.29 is 40.7 Å². The highest BCUT2D eigenvalue weighted by molar-refractivity contribution is 6.32. The monoisotopic (exact) mass is 525 g/mol. The average molecular weight is 526 g/mol. The van der Waals surface area contributed by atoms with Gasteiger partial charge in [-0.05, 0) is 18.9 Å². The third-order valence-electron chi connectivity index (χ3n) is 5.11. The molecule has 1 aliphatic carbocycles. The van der Waals surface area contributed by atoms with Crippen molar-refractivity contribution in [2.75, 3.05) is 4.90 Å². The molecule has 0 aromatic carbocycles. The van der Waals surface area contributed by atoms with E-state index in [9.17, 15) is 35.9 Å². The summed E-state index contributed by atoms with van der Waals surface area (Å²) in [6.07, 6.45) is -1.86. The van der Waals surface area contributed by atoms with Crippen molar-refractivity contribution in [3.05, 3.63) is 42.6 Å². The molecule has 1 aliphatic rings. The molecule has 1 N–H and O–H groups in total. The Kier molecular flexibility index (Phi) is 8.03. The zero-order valence-electron chi connectivity index (χ0n) is 17.7. The summed E-state index contributed by atoms with van der Waals surface area (Å²) in [4.78, 5) is 37.5. The zero-order chi connectivity index (χ0) is 25.8. The van der Waals surface area contributed by atoms with Crippen LogP contribution in [0.25, 0.3) is 0 Å². The van der Waals surface area contributed by atoms with Crippen LogP contribution in [0.1, 0.15) is 37.3 Å². The molecule has 15 heteroatoms. The van der Waals surface area contributed by atoms with Crippen LogP contribution in [0.15, 0.2) is 37.1 Å². The Morgan fingerprint density at radius 2 is 1.77 bits per heavy atom. The first kappa shape index (κ1) is 26.4. The molecule has 0 unspecified atom stereocenters. The number of rotatable bonds is 7. The second-order valence-corrected chi connectivity index (χ2v) is 8.01. The molecule has 0 spiro atoms. The number of ether oxygens (including phenoxy) is 1. The quantitative estimate of drug-likeness (QED) is 0.432. The van der Waals surface area contributed by atoms with Gasteiger partial charge in [0.25, 0.3) is 11.5 Å². The number of nitrogens with zero attached hydrogens (tertiary/aromatic N) is 4. The van der Waals surface area contributed by atoms with Gasteiger partial charge in [0, 0.05) is 42.9 Å². The van der Waals surface area contributed by atoms with Crippen LogP contribution in [0.4, 0.5) is 32.0 Å². The number of alkyl halides is 7. The molecule has 0 bridgehead atoms. The highest BCUT2D eigenvalue weighted by Crippen LogP contribution is 2.34. The Morgan fingerprint density at radius 1 is 1.14 bits per heavy atom. The fourth-order valence-electron chi connectivity index (χ4n) is 3.54. The lowest BCUT2D eigenvalue weighted by molar-refractivity contribution is -0.276. The van der Waals surface area contributed by atoms with Crippen LogP contribution in [0.5, 0.6) is 5.88 Å². The summed E-state index contributed by atoms with van der Waals surface area (Å²) in [6.45, 7) is 0. The normalized spacial score (nSPS) is 17.8. The zero-order valence-corrected chi connectivity index (χ0v) is 18.4. The summed E-state index contributed by atoms with van der Waals surface area (Å²) in [5.74, 6) is -6.06. The molecule has 2 aromatic heterocycles. The smallest absolute Gasteiger partial charge is 0.388 e. The number of pyridine rings is 1. The van der Waals surface area contributed by atoms with Gasteiger partial charge in [0.05, 0.1) is 11.9 Å². The third-order valence-corrected chi connectivity index (χ3v) is 5.30. The number of anilines is 1. The maximum Gasteiger partial charge on any atom is 0.574 e. The van der Waals surface area contributed by atoms with E-state index in [1.54, 1.807) is 0 Å². The molecule has 190 valence electrons. The fourth-order valence-corrected chi connectivity index (χ4v) is 3.64. The van der Waals surface area contributed by atoms with Crippen molar-refractivity contribution in [1.82, 2.24) is 20.3 Å². The highest BCUT2D eigenvalue weighted by atomic mass is 35.5. The van der Waals surface area contributed by atoms with Gasteiger partial charge in [0.15, 0.2) is 0 Å². The number of hydrogen-bond acceptors (Lipinski definition) is 6. The predicted octanol–water partition coefficient (Wildman–Crippen LogP) is 4.07. The van der Waals surface area contributed by atoms with E-state index >= 15 is 0 Å². The lowest BCUT2D eigenvalue weighted by Gasteiger charge is -2.34. The summed E-state index contributed by atoms with van der Waals surface area (Å²) < 4.78 is 82.0. The summed E-state index contributed by atoms with van der Waals surface area (Å²) in [7, 11) is 0. The molecule has 2 aromatic rings. The fraction of sp³-hybridized carbons (Fsp3) is 0.450. The Labute approximate surface area is 199 Å². The van der Waals surface area contributed by atoms with Gasteiger partial charge < -0.3 is 10.1 Å². The van der Waals surface area contributed by atoms with Crippen LogP contribution in [-0.2, 0) is 9.59 Å². The lowest BCUT2D eigenvalue weighted by atomic mass is 9.92. The van der Waals surface area contributed by atoms with Crippen LogP contribution < -0.4 is 15.0 Å². The molecule has 2 atom stereocenters. The van der Waals surface area contributed by atoms with E-state index in [-0.39, 0.29) is 24.1 Å². The second kappa shape index (κ2) is 10.6. The Balaban J connectivity index is 1.96. The van der Waals surface area contributed by atoms with E-state index < -0.39 is 60.5 Å². The number of aromatic nitrogens is 3. The Hall–Kier alpha value is -3.16. The van der Waals surface area contributed by atoms with Crippen LogP contribution in [0, 0.1) is 0 Å². The topological polar surface area (TPSA) is 97.3 Å². The standard InChI is InChI=1S/C20H18ClF6N5O3/c21-16(22)18(34)32(13-1-2-14(30-9-13)35-20(25,26)27)15(11-7-28-10-29-8-11)17(33)31-12-3-5-19(23,24)6-4-12/h1-2,7-10,12,15-16H,3-6H2,(H,31,33)/t15-,16+/m1/s1. The van der Waals surface area contributed by atoms with E-state index in [0.717, 1.165) is 37.1 Å². The van der Waals surface area contributed by atoms with E-state index in [0.29, 0.717) is 4.90 Å². The van der Waals surface area contributed by atoms with Crippen LogP contribution in [0.2, 0.25) is 0 Å². The Bertz CT molecular complexity index is 1020. The van der Waals surface area contributed by atoms with Gasteiger partial charge in [-0.25, -0.2) is 28.1 Å². The number of carbonyl (C=O) groups excluding carboxylic acids is 2. The average Bonchev–Trinajstić information content (AvgIpc) is 2.78. The van der Waals surface area contributed by atoms with E-state index in [2.05, 4.69) is 25.0 Å². The van der Waals surface area contributed by atoms with Gasteiger partial charge in [0.2, 0.25) is 17.7 Å². The maximum absolute atomic E-state index is 13.9. The van der Waals surface area contributed by atoms with Crippen molar-refractivity contribution >= 4 is 29.1 Å². The first-order valence-corrected chi connectivity index (χ1v) is 10.6. The van der Waals surface area contributed by atoms with Crippen LogP contribution in [0.3, 0.4) is 0 Å². The van der Waals surface area contributed by atoms with Crippen molar-refractivity contribution in [3.63, 3.8) is 0 Å². The van der Waals surface area contributed by atoms with E-state index in [1.165, 1.54) is 0 Å². The van der Waals surface area contributed by atoms with Gasteiger partial charge in [0.1, 0.15) is 12.4 Å². The summed E-state index contributed by atoms with van der Waals surface area (Å²) in [6, 6.07) is -0.621. The molecule has 35 heavy (non-hydrogen) atoms. The molecule has 1 fully saturated rings. The molecular formula is C20H18ClF6N5O3. The SMILES string of the molecule is O=C(NC1CCC(F)(F)CC1)[C@@H](c1cncnc1)N(C(=O)[C@H](F)Cl)c1ccc(OC(F)(F)F)nc1. The van der Waals surface area contributed by atoms with Gasteiger partial charge in [-0.15, -0.1) is 13.2 Å². The predicted molar refractivity (Wildman–Crippen MR) is 109 cm³/mol. The largest absolute Gasteiger partial charge is 0.574 e. The molecule has 8 nitrogen and oxygen atoms in total. The van der Waals surface area contributed by atoms with Crippen molar-refractivity contribution in [3.8, 4) is 5.88 Å². The number of halogens is 7. The minimum absolute atomic E-state index is 0.00701. The summed E-state index contributed by atoms with van der Waals surface area (Å²) >= 11 is 5.35. The number of amides is 2. The van der Waals surface area contributed by atoms with Crippen molar-refractivity contribution in [2.45, 2.75) is 55.7 Å². The second-order valence-electron chi connectivity index (χ2n) is 7.62. The van der Waals surface area contributed by atoms with Crippen molar-refractivity contribution in [2.24, 2.45) is 0 Å². The Morgan fingerprint density at radius 3 is 2.29 bits per heavy atom. The first-order valence-electron chi connectivity index (χ1n) is 10.1. The lowest BCUT2D eigenvalue weighted by Crippen LogP contribution is -2.49. The minimum Gasteiger partial charge on any atom is -0.388 e. The molecular weight excluding hydrogens is 508 g/mol. The third kappa shape index (κ3) is 7.16. The first-order chi connectivity index (χ1) is 16.4. The van der Waals surface area contributed by atoms with Gasteiger partial charge in [-0.2, -0.15) is 0 Å². The molecule has 0 aliphatic heterocycles. The molecule has 0 radical (unpaired) electrons. The summed E-state index contributed by atoms with van der Waals surface area (Å²) in [5, 5.41) is 2.56. The van der Waals surface area contributed by atoms with E-state index in [4.69, 9.17) is 11.6 Å². The highest BCUT2D eigenvalue weighted by Gasteiger charge is 2.40. The molecule has 2 heterocycles. The number of carbonyl (C=O) groups is 2. The number of nitrogens with one attached hydrogen (secondary N) is 1. The van der Waals surface area contributed by atoms with Gasteiger partial charge >= 0.3 is 6.36 Å². The number of hydrogen-bond donors (Lipinski definition) is 1. The molecule has 3 rings (SSSR count). The van der Waals surface area contributed by atoms with E-state index in [1.807, 2.05) is 0 Å². The van der Waals surface area contributed by atoms with Crippen LogP contribution in [-0.4, -0.2) is 50.7 Å². The minimum atomic E-state index is -5.04. The van der Waals surface area contributed by atoms with Crippen molar-refractivity contribution in [1.29, 1.82) is 0 Å². The van der Waals surface area contributed by atoms with Crippen LogP contribution >= 0.6 is 11.6 Å². The van der Waals surface area contributed by atoms with Gasteiger partial charge in [-0.1, -0.05) is 11.6 Å². The molecule has 0 saturated heterocycles. The molecule has 1 saturated carbocycles.